The summed E-state index contributed by atoms with van der Waals surface area (Å²) in [4.78, 5) is 46.1. The van der Waals surface area contributed by atoms with Crippen molar-refractivity contribution in [2.45, 2.75) is 94.9 Å². The van der Waals surface area contributed by atoms with Crippen molar-refractivity contribution in [1.29, 1.82) is 0 Å². The van der Waals surface area contributed by atoms with Gasteiger partial charge in [0, 0.05) is 30.4 Å². The Morgan fingerprint density at radius 2 is 1.54 bits per heavy atom. The van der Waals surface area contributed by atoms with Crippen LogP contribution in [0.5, 0.6) is 0 Å². The zero-order valence-electron chi connectivity index (χ0n) is 22.2. The van der Waals surface area contributed by atoms with E-state index in [0.29, 0.717) is 23.6 Å². The Bertz CT molecular complexity index is 1520. The number of rotatable bonds is 5. The summed E-state index contributed by atoms with van der Waals surface area (Å²) in [7, 11) is 0. The molecule has 1 N–H and O–H groups in total. The Morgan fingerprint density at radius 1 is 0.821 bits per heavy atom. The number of fused-ring (bicyclic) bond motifs is 5. The molecule has 0 amide bonds. The molecule has 4 aliphatic rings. The lowest BCUT2D eigenvalue weighted by molar-refractivity contribution is -0.137. The number of carboxylic acids is 1. The highest BCUT2D eigenvalue weighted by Crippen LogP contribution is 2.48. The number of pyridine rings is 1. The van der Waals surface area contributed by atoms with Gasteiger partial charge in [-0.25, -0.2) is 4.98 Å². The van der Waals surface area contributed by atoms with Gasteiger partial charge in [-0.2, -0.15) is 0 Å². The van der Waals surface area contributed by atoms with Crippen LogP contribution < -0.4 is 11.1 Å². The minimum absolute atomic E-state index is 0.0472. The van der Waals surface area contributed by atoms with Crippen molar-refractivity contribution < 1.29 is 9.90 Å². The van der Waals surface area contributed by atoms with Crippen LogP contribution in [0, 0.1) is 11.8 Å². The van der Waals surface area contributed by atoms with Gasteiger partial charge >= 0.3 is 5.97 Å². The molecule has 4 fully saturated rings. The number of hydrogen-bond acceptors (Lipinski definition) is 5. The van der Waals surface area contributed by atoms with Crippen LogP contribution in [-0.2, 0) is 11.3 Å². The molecule has 2 saturated carbocycles. The van der Waals surface area contributed by atoms with Crippen LogP contribution >= 0.6 is 0 Å². The third kappa shape index (κ3) is 4.33. The molecule has 8 nitrogen and oxygen atoms in total. The predicted octanol–water partition coefficient (Wildman–Crippen LogP) is 4.45. The Hall–Kier alpha value is -3.26. The normalized spacial score (nSPS) is 30.5. The van der Waals surface area contributed by atoms with Crippen molar-refractivity contribution in [3.8, 4) is 11.3 Å². The second-order valence-electron chi connectivity index (χ2n) is 12.4. The minimum Gasteiger partial charge on any atom is -0.480 e. The molecule has 6 atom stereocenters. The van der Waals surface area contributed by atoms with Crippen LogP contribution in [0.3, 0.4) is 0 Å². The van der Waals surface area contributed by atoms with E-state index in [1.165, 1.54) is 57.6 Å². The average molecular weight is 529 g/mol. The largest absolute Gasteiger partial charge is 0.480 e. The molecule has 4 bridgehead atoms. The first-order chi connectivity index (χ1) is 19.0. The van der Waals surface area contributed by atoms with Gasteiger partial charge in [-0.15, -0.1) is 0 Å². The Balaban J connectivity index is 1.26. The van der Waals surface area contributed by atoms with E-state index in [2.05, 4.69) is 9.88 Å². The molecule has 0 spiro atoms. The summed E-state index contributed by atoms with van der Waals surface area (Å²) in [5.41, 5.74) is 0.965. The second-order valence-corrected chi connectivity index (χ2v) is 12.4. The lowest BCUT2D eigenvalue weighted by Crippen LogP contribution is -2.52. The van der Waals surface area contributed by atoms with Crippen molar-refractivity contribution in [2.24, 2.45) is 11.8 Å². The van der Waals surface area contributed by atoms with Crippen LogP contribution in [0.4, 0.5) is 0 Å². The summed E-state index contributed by atoms with van der Waals surface area (Å²) < 4.78 is 3.03. The summed E-state index contributed by atoms with van der Waals surface area (Å²) >= 11 is 0. The Labute approximate surface area is 227 Å². The molecule has 2 aliphatic heterocycles. The standard InChI is InChI=1S/C31H36N4O4/c36-28(37)18-33-12-4-7-25(30(33)38)29-31(39)35(27-9-2-1-8-26(27)32-29)24-16-21-10-11-22(17-24)34(21)23-14-19-5-3-6-20(13-19)15-23/h1-2,4,7-9,12,19-24H,3,5-6,10-11,13-18H2,(H,36,37)/t19-,20+,21-,22+,23-,24-. The average Bonchev–Trinajstić information content (AvgIpc) is 3.18. The van der Waals surface area contributed by atoms with Gasteiger partial charge in [-0.05, 0) is 81.0 Å². The van der Waals surface area contributed by atoms with E-state index in [4.69, 9.17) is 0 Å². The van der Waals surface area contributed by atoms with Crippen LogP contribution in [0.25, 0.3) is 22.3 Å². The third-order valence-corrected chi connectivity index (χ3v) is 10.0. The van der Waals surface area contributed by atoms with Gasteiger partial charge in [0.05, 0.1) is 16.6 Å². The summed E-state index contributed by atoms with van der Waals surface area (Å²) in [5.74, 6) is 0.678. The van der Waals surface area contributed by atoms with E-state index in [1.807, 2.05) is 28.8 Å². The van der Waals surface area contributed by atoms with E-state index in [9.17, 15) is 19.5 Å². The topological polar surface area (TPSA) is 97.4 Å². The highest BCUT2D eigenvalue weighted by Gasteiger charge is 2.47. The summed E-state index contributed by atoms with van der Waals surface area (Å²) in [6, 6.07) is 12.6. The number of aromatic nitrogens is 3. The van der Waals surface area contributed by atoms with Crippen molar-refractivity contribution in [3.63, 3.8) is 0 Å². The molecule has 4 heterocycles. The molecule has 0 radical (unpaired) electrons. The van der Waals surface area contributed by atoms with Crippen LogP contribution in [0.2, 0.25) is 0 Å². The monoisotopic (exact) mass is 528 g/mol. The van der Waals surface area contributed by atoms with E-state index in [0.717, 1.165) is 34.8 Å². The first-order valence-corrected chi connectivity index (χ1v) is 14.7. The second kappa shape index (κ2) is 9.73. The molecule has 8 heteroatoms. The number of benzene rings is 1. The van der Waals surface area contributed by atoms with E-state index < -0.39 is 18.1 Å². The molecule has 0 unspecified atom stereocenters. The van der Waals surface area contributed by atoms with E-state index in [1.54, 1.807) is 12.1 Å². The van der Waals surface area contributed by atoms with Crippen LogP contribution in [0.15, 0.2) is 52.2 Å². The predicted molar refractivity (Wildman–Crippen MR) is 149 cm³/mol. The molecule has 3 aromatic rings. The molecule has 2 aromatic heterocycles. The number of hydrogen-bond donors (Lipinski definition) is 1. The molecule has 1 aromatic carbocycles. The highest BCUT2D eigenvalue weighted by molar-refractivity contribution is 5.78. The fourth-order valence-electron chi connectivity index (χ4n) is 8.61. The summed E-state index contributed by atoms with van der Waals surface area (Å²) in [5, 5.41) is 9.24. The van der Waals surface area contributed by atoms with Gasteiger partial charge < -0.3 is 14.2 Å². The first kappa shape index (κ1) is 24.8. The first-order valence-electron chi connectivity index (χ1n) is 14.7. The lowest BCUT2D eigenvalue weighted by atomic mass is 9.69. The minimum atomic E-state index is -1.11. The van der Waals surface area contributed by atoms with Gasteiger partial charge in [-0.1, -0.05) is 31.4 Å². The summed E-state index contributed by atoms with van der Waals surface area (Å²) in [6.07, 6.45) is 14.0. The molecule has 2 aliphatic carbocycles. The van der Waals surface area contributed by atoms with Gasteiger partial charge in [-0.3, -0.25) is 19.3 Å². The zero-order chi connectivity index (χ0) is 26.7. The molecule has 7 rings (SSSR count). The molecule has 204 valence electrons. The van der Waals surface area contributed by atoms with Crippen molar-refractivity contribution in [3.05, 3.63) is 63.3 Å². The van der Waals surface area contributed by atoms with Gasteiger partial charge in [0.25, 0.3) is 11.1 Å². The van der Waals surface area contributed by atoms with Crippen molar-refractivity contribution >= 4 is 17.0 Å². The third-order valence-electron chi connectivity index (χ3n) is 10.0. The van der Waals surface area contributed by atoms with Crippen LogP contribution in [0.1, 0.15) is 70.3 Å². The summed E-state index contributed by atoms with van der Waals surface area (Å²) in [6.45, 7) is -0.459. The quantitative estimate of drug-likeness (QED) is 0.526. The number of nitrogens with zero attached hydrogens (tertiary/aromatic N) is 4. The maximum Gasteiger partial charge on any atom is 0.323 e. The van der Waals surface area contributed by atoms with Gasteiger partial charge in [0.1, 0.15) is 12.2 Å². The zero-order valence-corrected chi connectivity index (χ0v) is 22.2. The Kier molecular flexibility index (Phi) is 6.18. The Morgan fingerprint density at radius 3 is 2.26 bits per heavy atom. The van der Waals surface area contributed by atoms with Gasteiger partial charge in [0.15, 0.2) is 0 Å². The fraction of sp³-hybridized carbons (Fsp3) is 0.548. The number of aliphatic carboxylic acids is 1. The number of carboxylic acid groups (broad SMARTS) is 1. The number of para-hydroxylation sites is 2. The van der Waals surface area contributed by atoms with Crippen LogP contribution in [-0.4, -0.2) is 48.2 Å². The molecule has 2 saturated heterocycles. The highest BCUT2D eigenvalue weighted by atomic mass is 16.4. The number of piperidine rings is 1. The molecular formula is C31H36N4O4. The maximum atomic E-state index is 14.1. The van der Waals surface area contributed by atoms with E-state index in [-0.39, 0.29) is 22.9 Å². The van der Waals surface area contributed by atoms with E-state index >= 15 is 0 Å². The maximum absolute atomic E-state index is 14.1. The van der Waals surface area contributed by atoms with Gasteiger partial charge in [0.2, 0.25) is 0 Å². The lowest BCUT2D eigenvalue weighted by Gasteiger charge is -2.49. The molecular weight excluding hydrogens is 492 g/mol. The van der Waals surface area contributed by atoms with Crippen molar-refractivity contribution in [1.82, 2.24) is 19.0 Å². The molecule has 39 heavy (non-hydrogen) atoms. The van der Waals surface area contributed by atoms with Crippen molar-refractivity contribution in [2.75, 3.05) is 0 Å². The smallest absolute Gasteiger partial charge is 0.323 e. The number of carbonyl (C=O) groups is 1. The fourth-order valence-corrected chi connectivity index (χ4v) is 8.61. The SMILES string of the molecule is O=C(O)Cn1cccc(-c2nc3ccccc3n([C@@H]3C[C@H]4CC[C@@H](C3)N4[C@@H]3C[C@@H]4CCC[C@@H](C4)C3)c2=O)c1=O.